The van der Waals surface area contributed by atoms with Crippen molar-refractivity contribution in [1.82, 2.24) is 5.32 Å². The van der Waals surface area contributed by atoms with Crippen LogP contribution in [-0.2, 0) is 14.3 Å². The fourth-order valence-corrected chi connectivity index (χ4v) is 8.83. The molecule has 0 aliphatic carbocycles. The quantitative estimate of drug-likeness (QED) is 0.0215. The highest BCUT2D eigenvalue weighted by atomic mass is 16.7. The molecule has 8 N–H and O–H groups in total. The second-order valence-corrected chi connectivity index (χ2v) is 19.6. The molecular formula is C56H105NO10. The van der Waals surface area contributed by atoms with E-state index in [0.29, 0.717) is 19.3 Å². The van der Waals surface area contributed by atoms with Crippen molar-refractivity contribution < 1.29 is 50.0 Å². The first-order chi connectivity index (χ1) is 32.7. The first-order valence-electron chi connectivity index (χ1n) is 27.9. The van der Waals surface area contributed by atoms with Crippen LogP contribution in [0, 0.1) is 0 Å². The average Bonchev–Trinajstić information content (AvgIpc) is 3.33. The molecule has 9 atom stereocenters. The summed E-state index contributed by atoms with van der Waals surface area (Å²) >= 11 is 0. The van der Waals surface area contributed by atoms with Gasteiger partial charge >= 0.3 is 0 Å². The molecule has 0 radical (unpaired) electrons. The van der Waals surface area contributed by atoms with Gasteiger partial charge in [0.15, 0.2) is 6.29 Å². The molecule has 9 unspecified atom stereocenters. The average molecular weight is 952 g/mol. The predicted octanol–water partition coefficient (Wildman–Crippen LogP) is 11.1. The van der Waals surface area contributed by atoms with Gasteiger partial charge in [0.1, 0.15) is 36.6 Å². The Bertz CT molecular complexity index is 1180. The number of hydrogen-bond donors (Lipinski definition) is 8. The lowest BCUT2D eigenvalue weighted by atomic mass is 9.98. The number of aliphatic hydroxyl groups excluding tert-OH is 7. The molecule has 0 saturated carbocycles. The SMILES string of the molecule is CCCCCC/C=C/CC/C=C/CC/C=C/CCCC(O)C(O)C(COC1OC(CO)C(O)C(O)C1O)NC(=O)C(O)CCCCCCCCCCCCCCCCCCCCCCCCC. The number of hydrogen-bond acceptors (Lipinski definition) is 10. The summed E-state index contributed by atoms with van der Waals surface area (Å²) < 4.78 is 11.1. The summed E-state index contributed by atoms with van der Waals surface area (Å²) in [5.74, 6) is -0.710. The molecule has 0 aromatic rings. The molecule has 1 saturated heterocycles. The molecule has 0 spiro atoms. The maximum Gasteiger partial charge on any atom is 0.249 e. The van der Waals surface area contributed by atoms with Gasteiger partial charge in [-0.3, -0.25) is 4.79 Å². The van der Waals surface area contributed by atoms with Crippen LogP contribution in [0.25, 0.3) is 0 Å². The number of carbonyl (C=O) groups is 1. The summed E-state index contributed by atoms with van der Waals surface area (Å²) in [5, 5.41) is 76.0. The van der Waals surface area contributed by atoms with E-state index in [-0.39, 0.29) is 12.8 Å². The highest BCUT2D eigenvalue weighted by Gasteiger charge is 2.44. The van der Waals surface area contributed by atoms with Crippen molar-refractivity contribution >= 4 is 5.91 Å². The molecule has 67 heavy (non-hydrogen) atoms. The second-order valence-electron chi connectivity index (χ2n) is 19.6. The van der Waals surface area contributed by atoms with Crippen molar-refractivity contribution in [2.45, 2.75) is 300 Å². The van der Waals surface area contributed by atoms with Crippen LogP contribution in [0.5, 0.6) is 0 Å². The third-order valence-corrected chi connectivity index (χ3v) is 13.4. The number of ether oxygens (including phenoxy) is 2. The van der Waals surface area contributed by atoms with Crippen LogP contribution in [0.3, 0.4) is 0 Å². The van der Waals surface area contributed by atoms with E-state index < -0.39 is 74.2 Å². The van der Waals surface area contributed by atoms with Crippen LogP contribution in [0.2, 0.25) is 0 Å². The van der Waals surface area contributed by atoms with Crippen LogP contribution in [0.4, 0.5) is 0 Å². The monoisotopic (exact) mass is 952 g/mol. The Hall–Kier alpha value is -1.67. The first-order valence-corrected chi connectivity index (χ1v) is 27.9. The highest BCUT2D eigenvalue weighted by Crippen LogP contribution is 2.23. The number of amides is 1. The normalized spacial score (nSPS) is 20.9. The minimum absolute atomic E-state index is 0.242. The zero-order chi connectivity index (χ0) is 49.0. The topological polar surface area (TPSA) is 189 Å². The van der Waals surface area contributed by atoms with Crippen LogP contribution < -0.4 is 5.32 Å². The summed E-state index contributed by atoms with van der Waals surface area (Å²) in [5.41, 5.74) is 0. The van der Waals surface area contributed by atoms with Crippen LogP contribution >= 0.6 is 0 Å². The zero-order valence-electron chi connectivity index (χ0n) is 42.9. The minimum Gasteiger partial charge on any atom is -0.394 e. The van der Waals surface area contributed by atoms with Gasteiger partial charge in [0.25, 0.3) is 0 Å². The molecule has 11 nitrogen and oxygen atoms in total. The van der Waals surface area contributed by atoms with E-state index in [0.717, 1.165) is 44.9 Å². The third-order valence-electron chi connectivity index (χ3n) is 13.4. The standard InChI is InChI=1S/C56H105NO10/c1-3-5-7-9-11-13-15-17-19-21-22-23-24-25-26-28-30-32-34-36-38-40-42-44-49(60)55(65)57-47(46-66-56-54(64)53(63)52(62)50(45-58)67-56)51(61)48(59)43-41-39-37-35-33-31-29-27-20-18-16-14-12-10-8-6-4-2/h14,16,27,29,35,37,47-54,56,58-64H,3-13,15,17-26,28,30-34,36,38-46H2,1-2H3,(H,57,65)/b16-14+,29-27+,37-35+. The lowest BCUT2D eigenvalue weighted by molar-refractivity contribution is -0.303. The summed E-state index contributed by atoms with van der Waals surface area (Å²) in [6.07, 6.45) is 43.4. The van der Waals surface area contributed by atoms with Gasteiger partial charge in [-0.2, -0.15) is 0 Å². The number of allylic oxidation sites excluding steroid dienone is 6. The molecule has 11 heteroatoms. The van der Waals surface area contributed by atoms with Crippen molar-refractivity contribution in [2.24, 2.45) is 0 Å². The van der Waals surface area contributed by atoms with Crippen LogP contribution in [0.1, 0.15) is 245 Å². The van der Waals surface area contributed by atoms with Gasteiger partial charge in [0.05, 0.1) is 25.4 Å². The van der Waals surface area contributed by atoms with Gasteiger partial charge in [-0.25, -0.2) is 0 Å². The maximum atomic E-state index is 13.2. The summed E-state index contributed by atoms with van der Waals surface area (Å²) in [6, 6.07) is -1.19. The lowest BCUT2D eigenvalue weighted by Crippen LogP contribution is -2.60. The first kappa shape index (κ1) is 63.3. The smallest absolute Gasteiger partial charge is 0.249 e. The third kappa shape index (κ3) is 34.3. The molecule has 1 amide bonds. The molecule has 0 aromatic heterocycles. The summed E-state index contributed by atoms with van der Waals surface area (Å²) in [7, 11) is 0. The Labute approximate surface area is 409 Å². The van der Waals surface area contributed by atoms with E-state index in [1.807, 2.05) is 0 Å². The molecule has 0 bridgehead atoms. The molecule has 1 aliphatic rings. The van der Waals surface area contributed by atoms with Gasteiger partial charge < -0.3 is 50.5 Å². The van der Waals surface area contributed by atoms with Crippen molar-refractivity contribution in [3.63, 3.8) is 0 Å². The van der Waals surface area contributed by atoms with Gasteiger partial charge in [0.2, 0.25) is 5.91 Å². The summed E-state index contributed by atoms with van der Waals surface area (Å²) in [6.45, 7) is 3.43. The Kier molecular flexibility index (Phi) is 43.0. The number of nitrogens with one attached hydrogen (secondary N) is 1. The minimum atomic E-state index is -1.67. The molecule has 1 fully saturated rings. The molecule has 394 valence electrons. The van der Waals surface area contributed by atoms with Crippen LogP contribution in [-0.4, -0.2) is 110 Å². The molecule has 1 aliphatic heterocycles. The van der Waals surface area contributed by atoms with Crippen molar-refractivity contribution in [3.05, 3.63) is 36.5 Å². The molecule has 1 heterocycles. The Morgan fingerprint density at radius 1 is 0.507 bits per heavy atom. The van der Waals surface area contributed by atoms with E-state index in [1.54, 1.807) is 0 Å². The molecule has 0 aromatic carbocycles. The predicted molar refractivity (Wildman–Crippen MR) is 275 cm³/mol. The van der Waals surface area contributed by atoms with Crippen LogP contribution in [0.15, 0.2) is 36.5 Å². The molecule has 1 rings (SSSR count). The summed E-state index contributed by atoms with van der Waals surface area (Å²) in [4.78, 5) is 13.2. The number of unbranched alkanes of at least 4 members (excludes halogenated alkanes) is 29. The van der Waals surface area contributed by atoms with Crippen molar-refractivity contribution in [3.8, 4) is 0 Å². The maximum absolute atomic E-state index is 13.2. The van der Waals surface area contributed by atoms with Gasteiger partial charge in [-0.1, -0.05) is 217 Å². The second kappa shape index (κ2) is 45.5. The van der Waals surface area contributed by atoms with E-state index in [9.17, 15) is 40.5 Å². The van der Waals surface area contributed by atoms with E-state index in [4.69, 9.17) is 9.47 Å². The van der Waals surface area contributed by atoms with Gasteiger partial charge in [-0.15, -0.1) is 0 Å². The Morgan fingerprint density at radius 3 is 1.33 bits per heavy atom. The Morgan fingerprint density at radius 2 is 0.896 bits per heavy atom. The van der Waals surface area contributed by atoms with Gasteiger partial charge in [0, 0.05) is 0 Å². The van der Waals surface area contributed by atoms with Crippen molar-refractivity contribution in [2.75, 3.05) is 13.2 Å². The number of aliphatic hydroxyl groups is 7. The number of carbonyl (C=O) groups excluding carboxylic acids is 1. The largest absolute Gasteiger partial charge is 0.394 e. The molecular weight excluding hydrogens is 847 g/mol. The van der Waals surface area contributed by atoms with E-state index in [2.05, 4.69) is 55.6 Å². The van der Waals surface area contributed by atoms with Gasteiger partial charge in [-0.05, 0) is 64.2 Å². The van der Waals surface area contributed by atoms with E-state index in [1.165, 1.54) is 154 Å². The lowest BCUT2D eigenvalue weighted by Gasteiger charge is -2.40. The fourth-order valence-electron chi connectivity index (χ4n) is 8.83. The number of rotatable bonds is 47. The zero-order valence-corrected chi connectivity index (χ0v) is 42.9. The Balaban J connectivity index is 2.35. The highest BCUT2D eigenvalue weighted by molar-refractivity contribution is 5.80. The fraction of sp³-hybridized carbons (Fsp3) is 0.875. The van der Waals surface area contributed by atoms with E-state index >= 15 is 0 Å². The van der Waals surface area contributed by atoms with Crippen molar-refractivity contribution in [1.29, 1.82) is 0 Å².